The number of anilines is 1. The molecule has 0 unspecified atom stereocenters. The van der Waals surface area contributed by atoms with E-state index < -0.39 is 5.60 Å². The predicted molar refractivity (Wildman–Crippen MR) is 65.4 cm³/mol. The van der Waals surface area contributed by atoms with Crippen LogP contribution >= 0.6 is 0 Å². The van der Waals surface area contributed by atoms with Gasteiger partial charge in [-0.1, -0.05) is 0 Å². The number of carbonyl (C=O) groups excluding carboxylic acids is 1. The van der Waals surface area contributed by atoms with E-state index in [0.29, 0.717) is 11.4 Å². The second-order valence-electron chi connectivity index (χ2n) is 5.03. The number of amides is 1. The molecule has 1 amide bonds. The van der Waals surface area contributed by atoms with Crippen LogP contribution in [0.4, 0.5) is 5.69 Å². The Kier molecular flexibility index (Phi) is 2.53. The summed E-state index contributed by atoms with van der Waals surface area (Å²) in [4.78, 5) is 14.0. The number of benzene rings is 1. The summed E-state index contributed by atoms with van der Waals surface area (Å²) < 4.78 is 5.64. The minimum absolute atomic E-state index is 0.0500. The van der Waals surface area contributed by atoms with Gasteiger partial charge in [-0.25, -0.2) is 0 Å². The van der Waals surface area contributed by atoms with Crippen LogP contribution in [0.1, 0.15) is 27.7 Å². The Labute approximate surface area is 101 Å². The van der Waals surface area contributed by atoms with Crippen molar-refractivity contribution in [3.05, 3.63) is 18.2 Å². The first kappa shape index (κ1) is 11.8. The molecule has 0 fully saturated rings. The molecule has 1 heterocycles. The fraction of sp³-hybridized carbons (Fsp3) is 0.462. The highest BCUT2D eigenvalue weighted by molar-refractivity contribution is 6.02. The first-order valence-electron chi connectivity index (χ1n) is 5.68. The fourth-order valence-electron chi connectivity index (χ4n) is 2.01. The minimum Gasteiger partial charge on any atom is -0.508 e. The summed E-state index contributed by atoms with van der Waals surface area (Å²) >= 11 is 0. The SMILES string of the molecule is CC(C)N1C(=O)C(C)(C)Oc2cc(O)ccc21. The lowest BCUT2D eigenvalue weighted by Crippen LogP contribution is -2.54. The fourth-order valence-corrected chi connectivity index (χ4v) is 2.01. The summed E-state index contributed by atoms with van der Waals surface area (Å²) in [6, 6.07) is 4.86. The Morgan fingerprint density at radius 2 is 2.00 bits per heavy atom. The number of phenolic OH excluding ortho intramolecular Hbond substituents is 1. The van der Waals surface area contributed by atoms with Gasteiger partial charge >= 0.3 is 0 Å². The first-order chi connectivity index (χ1) is 7.83. The second-order valence-corrected chi connectivity index (χ2v) is 5.03. The zero-order valence-corrected chi connectivity index (χ0v) is 10.5. The van der Waals surface area contributed by atoms with Crippen LogP contribution in [0.5, 0.6) is 11.5 Å². The molecule has 1 aromatic carbocycles. The van der Waals surface area contributed by atoms with Crippen molar-refractivity contribution in [3.63, 3.8) is 0 Å². The summed E-state index contributed by atoms with van der Waals surface area (Å²) in [5, 5.41) is 9.47. The third-order valence-electron chi connectivity index (χ3n) is 2.82. The zero-order chi connectivity index (χ0) is 12.8. The molecule has 0 radical (unpaired) electrons. The van der Waals surface area contributed by atoms with Gasteiger partial charge in [0.1, 0.15) is 11.5 Å². The lowest BCUT2D eigenvalue weighted by atomic mass is 10.0. The van der Waals surface area contributed by atoms with Crippen molar-refractivity contribution in [2.45, 2.75) is 39.3 Å². The van der Waals surface area contributed by atoms with E-state index in [1.54, 1.807) is 36.9 Å². The quantitative estimate of drug-likeness (QED) is 0.812. The van der Waals surface area contributed by atoms with E-state index in [1.165, 1.54) is 0 Å². The molecule has 0 saturated heterocycles. The molecule has 0 aliphatic carbocycles. The van der Waals surface area contributed by atoms with Crippen LogP contribution in [-0.4, -0.2) is 22.7 Å². The number of carbonyl (C=O) groups is 1. The molecule has 0 bridgehead atoms. The van der Waals surface area contributed by atoms with Crippen LogP contribution in [0, 0.1) is 0 Å². The van der Waals surface area contributed by atoms with Gasteiger partial charge in [0.25, 0.3) is 5.91 Å². The van der Waals surface area contributed by atoms with Gasteiger partial charge < -0.3 is 14.7 Å². The van der Waals surface area contributed by atoms with Gasteiger partial charge in [-0.05, 0) is 39.8 Å². The van der Waals surface area contributed by atoms with Gasteiger partial charge in [0, 0.05) is 12.1 Å². The summed E-state index contributed by atoms with van der Waals surface area (Å²) in [5.41, 5.74) is -0.187. The van der Waals surface area contributed by atoms with Gasteiger partial charge in [0.15, 0.2) is 5.60 Å². The van der Waals surface area contributed by atoms with Gasteiger partial charge in [-0.3, -0.25) is 4.79 Å². The number of ether oxygens (including phenoxy) is 1. The van der Waals surface area contributed by atoms with Crippen LogP contribution in [0.2, 0.25) is 0 Å². The molecular formula is C13H17NO3. The lowest BCUT2D eigenvalue weighted by Gasteiger charge is -2.40. The molecule has 1 aliphatic rings. The molecule has 1 aliphatic heterocycles. The molecule has 1 aromatic rings. The number of phenols is 1. The van der Waals surface area contributed by atoms with Crippen molar-refractivity contribution in [2.75, 3.05) is 4.90 Å². The predicted octanol–water partition coefficient (Wildman–Crippen LogP) is 2.30. The number of rotatable bonds is 1. The standard InChI is InChI=1S/C13H17NO3/c1-8(2)14-10-6-5-9(15)7-11(10)17-13(3,4)12(14)16/h5-8,15H,1-4H3. The summed E-state index contributed by atoms with van der Waals surface area (Å²) in [5.74, 6) is 0.617. The molecule has 0 aromatic heterocycles. The highest BCUT2D eigenvalue weighted by Crippen LogP contribution is 2.40. The Balaban J connectivity index is 2.58. The van der Waals surface area contributed by atoms with Crippen molar-refractivity contribution >= 4 is 11.6 Å². The molecule has 17 heavy (non-hydrogen) atoms. The van der Waals surface area contributed by atoms with Gasteiger partial charge in [0.2, 0.25) is 0 Å². The first-order valence-corrected chi connectivity index (χ1v) is 5.68. The van der Waals surface area contributed by atoms with Crippen LogP contribution in [-0.2, 0) is 4.79 Å². The summed E-state index contributed by atoms with van der Waals surface area (Å²) in [7, 11) is 0. The van der Waals surface area contributed by atoms with Crippen molar-refractivity contribution in [1.82, 2.24) is 0 Å². The molecule has 0 saturated carbocycles. The lowest BCUT2D eigenvalue weighted by molar-refractivity contribution is -0.133. The van der Waals surface area contributed by atoms with E-state index >= 15 is 0 Å². The largest absolute Gasteiger partial charge is 0.508 e. The van der Waals surface area contributed by atoms with Crippen molar-refractivity contribution in [1.29, 1.82) is 0 Å². The number of hydrogen-bond acceptors (Lipinski definition) is 3. The zero-order valence-electron chi connectivity index (χ0n) is 10.5. The number of fused-ring (bicyclic) bond motifs is 1. The molecule has 2 rings (SSSR count). The van der Waals surface area contributed by atoms with Crippen LogP contribution < -0.4 is 9.64 Å². The topological polar surface area (TPSA) is 49.8 Å². The third-order valence-corrected chi connectivity index (χ3v) is 2.82. The van der Waals surface area contributed by atoms with Crippen molar-refractivity contribution < 1.29 is 14.6 Å². The smallest absolute Gasteiger partial charge is 0.270 e. The number of aromatic hydroxyl groups is 1. The minimum atomic E-state index is -0.898. The summed E-state index contributed by atoms with van der Waals surface area (Å²) in [6.07, 6.45) is 0. The van der Waals surface area contributed by atoms with E-state index in [1.807, 2.05) is 13.8 Å². The normalized spacial score (nSPS) is 17.9. The average molecular weight is 235 g/mol. The Morgan fingerprint density at radius 3 is 2.59 bits per heavy atom. The van der Waals surface area contributed by atoms with Crippen molar-refractivity contribution in [3.8, 4) is 11.5 Å². The number of hydrogen-bond donors (Lipinski definition) is 1. The third kappa shape index (κ3) is 1.84. The highest BCUT2D eigenvalue weighted by atomic mass is 16.5. The van der Waals surface area contributed by atoms with Crippen LogP contribution in [0.25, 0.3) is 0 Å². The van der Waals surface area contributed by atoms with E-state index in [2.05, 4.69) is 0 Å². The van der Waals surface area contributed by atoms with Crippen molar-refractivity contribution in [2.24, 2.45) is 0 Å². The summed E-state index contributed by atoms with van der Waals surface area (Å²) in [6.45, 7) is 7.38. The highest BCUT2D eigenvalue weighted by Gasteiger charge is 2.41. The van der Waals surface area contributed by atoms with Gasteiger partial charge in [0.05, 0.1) is 5.69 Å². The monoisotopic (exact) mass is 235 g/mol. The van der Waals surface area contributed by atoms with Gasteiger partial charge in [-0.15, -0.1) is 0 Å². The van der Waals surface area contributed by atoms with E-state index in [0.717, 1.165) is 0 Å². The molecule has 92 valence electrons. The van der Waals surface area contributed by atoms with E-state index in [9.17, 15) is 9.90 Å². The maximum absolute atomic E-state index is 12.3. The molecule has 0 atom stereocenters. The molecule has 4 heteroatoms. The molecule has 4 nitrogen and oxygen atoms in total. The van der Waals surface area contributed by atoms with Crippen LogP contribution in [0.15, 0.2) is 18.2 Å². The molecule has 0 spiro atoms. The Morgan fingerprint density at radius 1 is 1.35 bits per heavy atom. The average Bonchev–Trinajstić information content (AvgIpc) is 2.19. The van der Waals surface area contributed by atoms with E-state index in [-0.39, 0.29) is 17.7 Å². The Bertz CT molecular complexity index is 466. The maximum atomic E-state index is 12.3. The van der Waals surface area contributed by atoms with Gasteiger partial charge in [-0.2, -0.15) is 0 Å². The Hall–Kier alpha value is -1.71. The number of nitrogens with zero attached hydrogens (tertiary/aromatic N) is 1. The molecule has 1 N–H and O–H groups in total. The second kappa shape index (κ2) is 3.65. The molecular weight excluding hydrogens is 218 g/mol. The maximum Gasteiger partial charge on any atom is 0.270 e. The van der Waals surface area contributed by atoms with E-state index in [4.69, 9.17) is 4.74 Å². The van der Waals surface area contributed by atoms with Crippen LogP contribution in [0.3, 0.4) is 0 Å².